The average Bonchev–Trinajstić information content (AvgIpc) is 2.83. The lowest BCUT2D eigenvalue weighted by Gasteiger charge is -2.19. The molecule has 0 atom stereocenters. The van der Waals surface area contributed by atoms with Gasteiger partial charge in [0.1, 0.15) is 12.4 Å². The van der Waals surface area contributed by atoms with E-state index in [1.165, 1.54) is 0 Å². The van der Waals surface area contributed by atoms with Crippen LogP contribution >= 0.6 is 0 Å². The van der Waals surface area contributed by atoms with Crippen molar-refractivity contribution in [2.45, 2.75) is 19.4 Å². The number of rotatable bonds is 10. The molecule has 3 rings (SSSR count). The number of amides is 2. The summed E-state index contributed by atoms with van der Waals surface area (Å²) in [6, 6.07) is 27.1. The van der Waals surface area contributed by atoms with E-state index in [2.05, 4.69) is 33.7 Å². The second-order valence-electron chi connectivity index (χ2n) is 7.42. The van der Waals surface area contributed by atoms with Gasteiger partial charge in [0.15, 0.2) is 0 Å². The van der Waals surface area contributed by atoms with Gasteiger partial charge in [-0.2, -0.15) is 5.26 Å². The number of nitrogens with zero attached hydrogens (tertiary/aromatic N) is 2. The molecule has 0 saturated heterocycles. The van der Waals surface area contributed by atoms with Crippen LogP contribution in [0.2, 0.25) is 0 Å². The lowest BCUT2D eigenvalue weighted by atomic mass is 10.1. The van der Waals surface area contributed by atoms with Crippen LogP contribution in [0.1, 0.15) is 17.5 Å². The van der Waals surface area contributed by atoms with Gasteiger partial charge < -0.3 is 20.3 Å². The Bertz CT molecular complexity index is 1030. The summed E-state index contributed by atoms with van der Waals surface area (Å²) in [6.45, 7) is 1.76. The van der Waals surface area contributed by atoms with Crippen LogP contribution in [0.25, 0.3) is 0 Å². The largest absolute Gasteiger partial charge is 0.489 e. The summed E-state index contributed by atoms with van der Waals surface area (Å²) >= 11 is 0. The van der Waals surface area contributed by atoms with Gasteiger partial charge >= 0.3 is 6.03 Å². The minimum absolute atomic E-state index is 0.235. The van der Waals surface area contributed by atoms with Crippen molar-refractivity contribution in [3.8, 4) is 11.8 Å². The van der Waals surface area contributed by atoms with Gasteiger partial charge in [0.25, 0.3) is 0 Å². The van der Waals surface area contributed by atoms with Gasteiger partial charge in [0.2, 0.25) is 0 Å². The molecule has 0 aromatic heterocycles. The highest BCUT2D eigenvalue weighted by Gasteiger charge is 2.07. The zero-order valence-corrected chi connectivity index (χ0v) is 18.3. The number of carbonyl (C=O) groups excluding carboxylic acids is 1. The van der Waals surface area contributed by atoms with Crippen molar-refractivity contribution < 1.29 is 9.53 Å². The predicted octanol–water partition coefficient (Wildman–Crippen LogP) is 4.98. The maximum Gasteiger partial charge on any atom is 0.319 e. The van der Waals surface area contributed by atoms with Crippen molar-refractivity contribution in [3.63, 3.8) is 0 Å². The van der Waals surface area contributed by atoms with E-state index in [-0.39, 0.29) is 6.03 Å². The smallest absolute Gasteiger partial charge is 0.319 e. The van der Waals surface area contributed by atoms with Crippen molar-refractivity contribution >= 4 is 17.4 Å². The zero-order chi connectivity index (χ0) is 22.6. The van der Waals surface area contributed by atoms with Gasteiger partial charge in [-0.25, -0.2) is 4.79 Å². The Hall–Kier alpha value is -3.98. The number of anilines is 2. The zero-order valence-electron chi connectivity index (χ0n) is 18.3. The summed E-state index contributed by atoms with van der Waals surface area (Å²) in [7, 11) is 2.04. The molecule has 164 valence electrons. The van der Waals surface area contributed by atoms with E-state index in [1.807, 2.05) is 73.8 Å². The summed E-state index contributed by atoms with van der Waals surface area (Å²) in [5.74, 6) is 0.716. The van der Waals surface area contributed by atoms with Crippen LogP contribution in [0.15, 0.2) is 78.9 Å². The van der Waals surface area contributed by atoms with E-state index in [1.54, 1.807) is 0 Å². The van der Waals surface area contributed by atoms with Gasteiger partial charge in [-0.3, -0.25) is 0 Å². The van der Waals surface area contributed by atoms with Gasteiger partial charge in [0, 0.05) is 37.1 Å². The summed E-state index contributed by atoms with van der Waals surface area (Å²) in [5.41, 5.74) is 3.71. The molecule has 0 aliphatic heterocycles. The standard InChI is InChI=1S/C26H28N4O2/c1-30(23-9-3-2-4-10-23)19-7-18-28-26(31)29-25-11-6-5-8-22(25)20-32-24-14-12-21(13-15-24)16-17-27/h2-6,8-15H,7,16,18-20H2,1H3,(H2,28,29,31). The fourth-order valence-corrected chi connectivity index (χ4v) is 3.22. The number of benzene rings is 3. The first-order valence-electron chi connectivity index (χ1n) is 10.6. The number of para-hydroxylation sites is 2. The minimum Gasteiger partial charge on any atom is -0.489 e. The number of hydrogen-bond acceptors (Lipinski definition) is 4. The lowest BCUT2D eigenvalue weighted by molar-refractivity contribution is 0.252. The third-order valence-corrected chi connectivity index (χ3v) is 5.02. The third kappa shape index (κ3) is 7.06. The molecule has 0 unspecified atom stereocenters. The molecule has 6 heteroatoms. The fraction of sp³-hybridized carbons (Fsp3) is 0.231. The topological polar surface area (TPSA) is 77.4 Å². The number of hydrogen-bond donors (Lipinski definition) is 2. The Morgan fingerprint density at radius 3 is 2.47 bits per heavy atom. The van der Waals surface area contributed by atoms with Crippen molar-refractivity contribution in [2.24, 2.45) is 0 Å². The van der Waals surface area contributed by atoms with Crippen molar-refractivity contribution in [2.75, 3.05) is 30.4 Å². The number of urea groups is 1. The Balaban J connectivity index is 1.44. The molecule has 0 aliphatic carbocycles. The monoisotopic (exact) mass is 428 g/mol. The number of nitrogens with one attached hydrogen (secondary N) is 2. The van der Waals surface area contributed by atoms with Crippen LogP contribution in [0.3, 0.4) is 0 Å². The first-order valence-corrected chi connectivity index (χ1v) is 10.6. The Morgan fingerprint density at radius 2 is 1.72 bits per heavy atom. The lowest BCUT2D eigenvalue weighted by Crippen LogP contribution is -2.32. The first-order chi connectivity index (χ1) is 15.7. The van der Waals surface area contributed by atoms with E-state index in [0.717, 1.165) is 29.8 Å². The van der Waals surface area contributed by atoms with Gasteiger partial charge in [-0.05, 0) is 42.3 Å². The molecule has 32 heavy (non-hydrogen) atoms. The van der Waals surface area contributed by atoms with Gasteiger partial charge in [-0.1, -0.05) is 48.5 Å². The second kappa shape index (κ2) is 12.0. The first kappa shape index (κ1) is 22.7. The van der Waals surface area contributed by atoms with Crippen molar-refractivity contribution in [1.82, 2.24) is 5.32 Å². The molecule has 0 radical (unpaired) electrons. The molecule has 3 aromatic carbocycles. The number of carbonyl (C=O) groups is 1. The summed E-state index contributed by atoms with van der Waals surface area (Å²) < 4.78 is 5.85. The highest BCUT2D eigenvalue weighted by Crippen LogP contribution is 2.19. The van der Waals surface area contributed by atoms with Gasteiger partial charge in [0.05, 0.1) is 12.5 Å². The van der Waals surface area contributed by atoms with E-state index >= 15 is 0 Å². The highest BCUT2D eigenvalue weighted by atomic mass is 16.5. The van der Waals surface area contributed by atoms with E-state index < -0.39 is 0 Å². The Kier molecular flexibility index (Phi) is 8.52. The molecular formula is C26H28N4O2. The van der Waals surface area contributed by atoms with Crippen LogP contribution in [0.4, 0.5) is 16.2 Å². The Labute approximate surface area is 189 Å². The van der Waals surface area contributed by atoms with Crippen LogP contribution in [0, 0.1) is 11.3 Å². The van der Waals surface area contributed by atoms with E-state index in [9.17, 15) is 4.79 Å². The minimum atomic E-state index is -0.235. The molecular weight excluding hydrogens is 400 g/mol. The number of nitriles is 1. The van der Waals surface area contributed by atoms with E-state index in [0.29, 0.717) is 31.0 Å². The van der Waals surface area contributed by atoms with E-state index in [4.69, 9.17) is 10.00 Å². The molecule has 0 spiro atoms. The quantitative estimate of drug-likeness (QED) is 0.447. The molecule has 3 aromatic rings. The second-order valence-corrected chi connectivity index (χ2v) is 7.42. The molecule has 0 aliphatic rings. The summed E-state index contributed by atoms with van der Waals surface area (Å²) in [4.78, 5) is 14.5. The fourth-order valence-electron chi connectivity index (χ4n) is 3.22. The SMILES string of the molecule is CN(CCCNC(=O)Nc1ccccc1COc1ccc(CC#N)cc1)c1ccccc1. The number of ether oxygens (including phenoxy) is 1. The summed E-state index contributed by atoms with van der Waals surface area (Å²) in [5, 5.41) is 14.6. The van der Waals surface area contributed by atoms with Crippen LogP contribution < -0.4 is 20.3 Å². The molecule has 2 amide bonds. The normalized spacial score (nSPS) is 10.1. The third-order valence-electron chi connectivity index (χ3n) is 5.02. The Morgan fingerprint density at radius 1 is 1.00 bits per heavy atom. The molecule has 0 saturated carbocycles. The molecule has 6 nitrogen and oxygen atoms in total. The van der Waals surface area contributed by atoms with Crippen molar-refractivity contribution in [1.29, 1.82) is 5.26 Å². The maximum absolute atomic E-state index is 12.3. The molecule has 2 N–H and O–H groups in total. The molecule has 0 heterocycles. The van der Waals surface area contributed by atoms with Crippen LogP contribution in [-0.4, -0.2) is 26.2 Å². The maximum atomic E-state index is 12.3. The van der Waals surface area contributed by atoms with Crippen molar-refractivity contribution in [3.05, 3.63) is 90.0 Å². The van der Waals surface area contributed by atoms with Gasteiger partial charge in [-0.15, -0.1) is 0 Å². The van der Waals surface area contributed by atoms with Crippen LogP contribution in [-0.2, 0) is 13.0 Å². The predicted molar refractivity (Wildman–Crippen MR) is 128 cm³/mol. The summed E-state index contributed by atoms with van der Waals surface area (Å²) in [6.07, 6.45) is 1.22. The molecule has 0 bridgehead atoms. The molecule has 0 fully saturated rings. The average molecular weight is 429 g/mol. The highest BCUT2D eigenvalue weighted by molar-refractivity contribution is 5.90. The van der Waals surface area contributed by atoms with Crippen LogP contribution in [0.5, 0.6) is 5.75 Å².